The number of nitrogens with zero attached hydrogens (tertiary/aromatic N) is 1. The number of rotatable bonds is 5. The fraction of sp³-hybridized carbons (Fsp3) is 0.267. The van der Waals surface area contributed by atoms with Crippen LogP contribution in [0.2, 0.25) is 0 Å². The molecular weight excluding hydrogens is 208 g/mol. The van der Waals surface area contributed by atoms with E-state index >= 15 is 0 Å². The number of anilines is 1. The predicted octanol–water partition coefficient (Wildman–Crippen LogP) is 3.69. The molecule has 88 valence electrons. The maximum absolute atomic E-state index is 4.00. The first-order valence-electron chi connectivity index (χ1n) is 6.05. The Morgan fingerprint density at radius 1 is 1.06 bits per heavy atom. The van der Waals surface area contributed by atoms with E-state index in [-0.39, 0.29) is 0 Å². The fourth-order valence-corrected chi connectivity index (χ4v) is 1.85. The zero-order valence-corrected chi connectivity index (χ0v) is 10.1. The Hall–Kier alpha value is -1.83. The van der Waals surface area contributed by atoms with Crippen LogP contribution in [0.3, 0.4) is 0 Å². The quantitative estimate of drug-likeness (QED) is 0.841. The molecule has 0 aliphatic rings. The van der Waals surface area contributed by atoms with Gasteiger partial charge in [0.25, 0.3) is 0 Å². The Kier molecular flexibility index (Phi) is 4.14. The van der Waals surface area contributed by atoms with Crippen LogP contribution in [0.4, 0.5) is 5.69 Å². The SMILES string of the molecule is CC(CCNc1ccncc1)c1ccccc1. The second-order valence-electron chi connectivity index (χ2n) is 4.26. The highest BCUT2D eigenvalue weighted by Crippen LogP contribution is 2.18. The Morgan fingerprint density at radius 3 is 2.47 bits per heavy atom. The highest BCUT2D eigenvalue weighted by Gasteiger charge is 2.03. The molecule has 1 heterocycles. The standard InChI is InChI=1S/C15H18N2/c1-13(14-5-3-2-4-6-14)7-12-17-15-8-10-16-11-9-15/h2-6,8-11,13H,7,12H2,1H3,(H,16,17). The van der Waals surface area contributed by atoms with Crippen LogP contribution >= 0.6 is 0 Å². The molecule has 0 aliphatic heterocycles. The zero-order valence-electron chi connectivity index (χ0n) is 10.1. The zero-order chi connectivity index (χ0) is 11.9. The third-order valence-electron chi connectivity index (χ3n) is 2.96. The van der Waals surface area contributed by atoms with Gasteiger partial charge in [-0.1, -0.05) is 37.3 Å². The molecule has 0 saturated carbocycles. The number of aromatic nitrogens is 1. The van der Waals surface area contributed by atoms with Crippen molar-refractivity contribution >= 4 is 5.69 Å². The molecule has 1 aromatic carbocycles. The van der Waals surface area contributed by atoms with Crippen LogP contribution in [-0.2, 0) is 0 Å². The van der Waals surface area contributed by atoms with Gasteiger partial charge in [0.2, 0.25) is 0 Å². The lowest BCUT2D eigenvalue weighted by atomic mass is 9.98. The van der Waals surface area contributed by atoms with E-state index in [9.17, 15) is 0 Å². The third kappa shape index (κ3) is 3.59. The van der Waals surface area contributed by atoms with E-state index in [1.165, 1.54) is 5.56 Å². The second-order valence-corrected chi connectivity index (χ2v) is 4.26. The van der Waals surface area contributed by atoms with Gasteiger partial charge in [-0.2, -0.15) is 0 Å². The Morgan fingerprint density at radius 2 is 1.76 bits per heavy atom. The minimum Gasteiger partial charge on any atom is -0.385 e. The number of nitrogens with one attached hydrogen (secondary N) is 1. The monoisotopic (exact) mass is 226 g/mol. The summed E-state index contributed by atoms with van der Waals surface area (Å²) in [6.07, 6.45) is 4.75. The lowest BCUT2D eigenvalue weighted by Crippen LogP contribution is -2.05. The van der Waals surface area contributed by atoms with Gasteiger partial charge in [0.1, 0.15) is 0 Å². The molecule has 0 amide bonds. The molecule has 2 nitrogen and oxygen atoms in total. The molecule has 17 heavy (non-hydrogen) atoms. The maximum atomic E-state index is 4.00. The van der Waals surface area contributed by atoms with Gasteiger partial charge in [-0.25, -0.2) is 0 Å². The highest BCUT2D eigenvalue weighted by atomic mass is 14.9. The predicted molar refractivity (Wildman–Crippen MR) is 72.2 cm³/mol. The van der Waals surface area contributed by atoms with Crippen LogP contribution in [0.25, 0.3) is 0 Å². The molecule has 1 unspecified atom stereocenters. The molecule has 1 N–H and O–H groups in total. The molecule has 0 bridgehead atoms. The molecule has 2 rings (SSSR count). The first-order valence-corrected chi connectivity index (χ1v) is 6.05. The van der Waals surface area contributed by atoms with Gasteiger partial charge >= 0.3 is 0 Å². The molecule has 0 saturated heterocycles. The van der Waals surface area contributed by atoms with Crippen molar-refractivity contribution in [2.45, 2.75) is 19.3 Å². The van der Waals surface area contributed by atoms with E-state index in [4.69, 9.17) is 0 Å². The van der Waals surface area contributed by atoms with Gasteiger partial charge in [0.15, 0.2) is 0 Å². The smallest absolute Gasteiger partial charge is 0.0371 e. The van der Waals surface area contributed by atoms with Gasteiger partial charge in [-0.05, 0) is 30.0 Å². The molecular formula is C15H18N2. The molecule has 0 aliphatic carbocycles. The lowest BCUT2D eigenvalue weighted by Gasteiger charge is -2.12. The summed E-state index contributed by atoms with van der Waals surface area (Å²) in [5, 5.41) is 3.41. The average Bonchev–Trinajstić information content (AvgIpc) is 2.41. The summed E-state index contributed by atoms with van der Waals surface area (Å²) < 4.78 is 0. The summed E-state index contributed by atoms with van der Waals surface area (Å²) in [6.45, 7) is 3.25. The summed E-state index contributed by atoms with van der Waals surface area (Å²) >= 11 is 0. The second kappa shape index (κ2) is 6.04. The number of hydrogen-bond donors (Lipinski definition) is 1. The van der Waals surface area contributed by atoms with E-state index in [1.54, 1.807) is 0 Å². The van der Waals surface area contributed by atoms with E-state index < -0.39 is 0 Å². The van der Waals surface area contributed by atoms with Crippen LogP contribution < -0.4 is 5.32 Å². The third-order valence-corrected chi connectivity index (χ3v) is 2.96. The molecule has 2 aromatic rings. The normalized spacial score (nSPS) is 12.1. The number of pyridine rings is 1. The van der Waals surface area contributed by atoms with Crippen molar-refractivity contribution in [1.82, 2.24) is 4.98 Å². The topological polar surface area (TPSA) is 24.9 Å². The lowest BCUT2D eigenvalue weighted by molar-refractivity contribution is 0.706. The average molecular weight is 226 g/mol. The van der Waals surface area contributed by atoms with Crippen molar-refractivity contribution in [2.75, 3.05) is 11.9 Å². The van der Waals surface area contributed by atoms with Gasteiger partial charge in [0.05, 0.1) is 0 Å². The first-order chi connectivity index (χ1) is 8.36. The summed E-state index contributed by atoms with van der Waals surface area (Å²) in [7, 11) is 0. The van der Waals surface area contributed by atoms with E-state index in [0.29, 0.717) is 5.92 Å². The summed E-state index contributed by atoms with van der Waals surface area (Å²) in [6, 6.07) is 14.6. The summed E-state index contributed by atoms with van der Waals surface area (Å²) in [5.74, 6) is 0.588. The van der Waals surface area contributed by atoms with Crippen molar-refractivity contribution < 1.29 is 0 Å². The maximum Gasteiger partial charge on any atom is 0.0371 e. The van der Waals surface area contributed by atoms with Crippen molar-refractivity contribution in [3.8, 4) is 0 Å². The fourth-order valence-electron chi connectivity index (χ4n) is 1.85. The molecule has 0 radical (unpaired) electrons. The van der Waals surface area contributed by atoms with Crippen LogP contribution in [-0.4, -0.2) is 11.5 Å². The van der Waals surface area contributed by atoms with Crippen LogP contribution in [0.1, 0.15) is 24.8 Å². The van der Waals surface area contributed by atoms with Crippen molar-refractivity contribution in [2.24, 2.45) is 0 Å². The van der Waals surface area contributed by atoms with Gasteiger partial charge in [-0.15, -0.1) is 0 Å². The van der Waals surface area contributed by atoms with Gasteiger partial charge < -0.3 is 5.32 Å². The van der Waals surface area contributed by atoms with E-state index in [0.717, 1.165) is 18.7 Å². The number of hydrogen-bond acceptors (Lipinski definition) is 2. The van der Waals surface area contributed by atoms with Gasteiger partial charge in [0, 0.05) is 24.6 Å². The summed E-state index contributed by atoms with van der Waals surface area (Å²) in [4.78, 5) is 4.00. The largest absolute Gasteiger partial charge is 0.385 e. The van der Waals surface area contributed by atoms with E-state index in [1.807, 2.05) is 24.5 Å². The van der Waals surface area contributed by atoms with Crippen molar-refractivity contribution in [3.05, 3.63) is 60.4 Å². The molecule has 1 atom stereocenters. The molecule has 0 fully saturated rings. The minimum absolute atomic E-state index is 0.588. The molecule has 1 aromatic heterocycles. The first kappa shape index (κ1) is 11.6. The van der Waals surface area contributed by atoms with Gasteiger partial charge in [-0.3, -0.25) is 4.98 Å². The highest BCUT2D eigenvalue weighted by molar-refractivity contribution is 5.40. The number of benzene rings is 1. The van der Waals surface area contributed by atoms with Crippen molar-refractivity contribution in [3.63, 3.8) is 0 Å². The van der Waals surface area contributed by atoms with Crippen molar-refractivity contribution in [1.29, 1.82) is 0 Å². The summed E-state index contributed by atoms with van der Waals surface area (Å²) in [5.41, 5.74) is 2.55. The van der Waals surface area contributed by atoms with Crippen LogP contribution in [0.15, 0.2) is 54.9 Å². The minimum atomic E-state index is 0.588. The van der Waals surface area contributed by atoms with Crippen LogP contribution in [0, 0.1) is 0 Å². The molecule has 0 spiro atoms. The van der Waals surface area contributed by atoms with Crippen LogP contribution in [0.5, 0.6) is 0 Å². The molecule has 2 heteroatoms. The Balaban J connectivity index is 1.79. The Labute approximate surface area is 103 Å². The Bertz CT molecular complexity index is 425. The van der Waals surface area contributed by atoms with E-state index in [2.05, 4.69) is 47.6 Å².